The van der Waals surface area contributed by atoms with Gasteiger partial charge in [-0.25, -0.2) is 9.78 Å². The van der Waals surface area contributed by atoms with Crippen molar-refractivity contribution >= 4 is 39.9 Å². The van der Waals surface area contributed by atoms with Crippen LogP contribution in [0.15, 0.2) is 69.7 Å². The fraction of sp³-hybridized carbons (Fsp3) is 0.143. The van der Waals surface area contributed by atoms with Crippen LogP contribution < -0.4 is 16.6 Å². The molecule has 4 aromatic rings. The number of fused-ring (bicyclic) bond motifs is 1. The van der Waals surface area contributed by atoms with Gasteiger partial charge in [0, 0.05) is 22.6 Å². The number of carbonyl (C=O) groups excluding carboxylic acids is 1. The lowest BCUT2D eigenvalue weighted by atomic mass is 10.2. The second-order valence-corrected chi connectivity index (χ2v) is 8.02. The predicted octanol–water partition coefficient (Wildman–Crippen LogP) is 2.64. The van der Waals surface area contributed by atoms with E-state index in [9.17, 15) is 14.4 Å². The van der Waals surface area contributed by atoms with Crippen LogP contribution in [0, 0.1) is 0 Å². The largest absolute Gasteiger partial charge is 0.350 e. The van der Waals surface area contributed by atoms with Crippen molar-refractivity contribution in [1.82, 2.24) is 19.4 Å². The third-order valence-electron chi connectivity index (χ3n) is 4.62. The molecular weight excluding hydrogens is 424 g/mol. The van der Waals surface area contributed by atoms with Crippen LogP contribution in [0.5, 0.6) is 0 Å². The highest BCUT2D eigenvalue weighted by atomic mass is 35.5. The summed E-state index contributed by atoms with van der Waals surface area (Å²) in [5, 5.41) is 5.20. The molecular formula is C21H17ClN4O3S. The van der Waals surface area contributed by atoms with E-state index in [1.165, 1.54) is 22.1 Å². The first-order valence-electron chi connectivity index (χ1n) is 9.15. The Labute approximate surface area is 180 Å². The molecule has 0 fully saturated rings. The van der Waals surface area contributed by atoms with Gasteiger partial charge in [0.25, 0.3) is 5.56 Å². The number of rotatable bonds is 6. The monoisotopic (exact) mass is 440 g/mol. The van der Waals surface area contributed by atoms with Gasteiger partial charge >= 0.3 is 5.69 Å². The molecule has 0 bridgehead atoms. The highest BCUT2D eigenvalue weighted by Crippen LogP contribution is 2.14. The summed E-state index contributed by atoms with van der Waals surface area (Å²) >= 11 is 7.57. The van der Waals surface area contributed by atoms with Crippen molar-refractivity contribution < 1.29 is 4.79 Å². The Hall–Kier alpha value is -3.23. The summed E-state index contributed by atoms with van der Waals surface area (Å²) in [5.41, 5.74) is 0.211. The summed E-state index contributed by atoms with van der Waals surface area (Å²) in [6, 6.07) is 14.1. The average Bonchev–Trinajstić information content (AvgIpc) is 3.27. The van der Waals surface area contributed by atoms with Crippen LogP contribution in [0.4, 0.5) is 0 Å². The summed E-state index contributed by atoms with van der Waals surface area (Å²) in [6.07, 6.45) is 1.49. The minimum atomic E-state index is -0.554. The lowest BCUT2D eigenvalue weighted by Crippen LogP contribution is -2.43. The maximum atomic E-state index is 13.1. The van der Waals surface area contributed by atoms with Crippen molar-refractivity contribution in [2.24, 2.45) is 0 Å². The first-order valence-corrected chi connectivity index (χ1v) is 10.4. The summed E-state index contributed by atoms with van der Waals surface area (Å²) in [7, 11) is 0. The average molecular weight is 441 g/mol. The molecule has 1 aromatic carbocycles. The molecule has 1 N–H and O–H groups in total. The number of aromatic nitrogens is 3. The Morgan fingerprint density at radius 3 is 2.67 bits per heavy atom. The van der Waals surface area contributed by atoms with Crippen molar-refractivity contribution in [1.29, 1.82) is 0 Å². The van der Waals surface area contributed by atoms with Crippen LogP contribution in [0.2, 0.25) is 5.02 Å². The predicted molar refractivity (Wildman–Crippen MR) is 117 cm³/mol. The van der Waals surface area contributed by atoms with Crippen molar-refractivity contribution in [3.8, 4) is 0 Å². The third kappa shape index (κ3) is 4.05. The van der Waals surface area contributed by atoms with E-state index in [0.717, 1.165) is 15.0 Å². The third-order valence-corrected chi connectivity index (χ3v) is 5.85. The number of pyridine rings is 1. The topological polar surface area (TPSA) is 86.0 Å². The van der Waals surface area contributed by atoms with Gasteiger partial charge in [0.2, 0.25) is 5.91 Å². The van der Waals surface area contributed by atoms with E-state index in [1.54, 1.807) is 18.2 Å². The summed E-state index contributed by atoms with van der Waals surface area (Å²) in [6.45, 7) is 0.123. The maximum absolute atomic E-state index is 13.1. The first kappa shape index (κ1) is 20.1. The second-order valence-electron chi connectivity index (χ2n) is 6.58. The maximum Gasteiger partial charge on any atom is 0.332 e. The molecule has 0 aliphatic heterocycles. The van der Waals surface area contributed by atoms with E-state index in [0.29, 0.717) is 10.5 Å². The molecule has 3 aromatic heterocycles. The molecule has 0 radical (unpaired) electrons. The van der Waals surface area contributed by atoms with Crippen LogP contribution >= 0.6 is 22.9 Å². The van der Waals surface area contributed by atoms with Crippen molar-refractivity contribution in [3.63, 3.8) is 0 Å². The van der Waals surface area contributed by atoms with Crippen LogP contribution in [-0.4, -0.2) is 20.0 Å². The molecule has 7 nitrogen and oxygen atoms in total. The van der Waals surface area contributed by atoms with E-state index in [-0.39, 0.29) is 31.1 Å². The molecule has 0 saturated carbocycles. The zero-order valence-electron chi connectivity index (χ0n) is 15.7. The zero-order chi connectivity index (χ0) is 21.1. The number of benzene rings is 1. The van der Waals surface area contributed by atoms with Gasteiger partial charge in [-0.1, -0.05) is 35.9 Å². The van der Waals surface area contributed by atoms with Gasteiger partial charge in [-0.15, -0.1) is 11.3 Å². The first-order chi connectivity index (χ1) is 14.5. The van der Waals surface area contributed by atoms with E-state index < -0.39 is 11.2 Å². The Bertz CT molecular complexity index is 1330. The van der Waals surface area contributed by atoms with Gasteiger partial charge in [-0.3, -0.25) is 18.7 Å². The van der Waals surface area contributed by atoms with Crippen molar-refractivity contribution in [2.75, 3.05) is 0 Å². The Morgan fingerprint density at radius 2 is 1.90 bits per heavy atom. The van der Waals surface area contributed by atoms with Crippen LogP contribution in [-0.2, 0) is 24.4 Å². The Kier molecular flexibility index (Phi) is 5.78. The fourth-order valence-corrected chi connectivity index (χ4v) is 4.02. The van der Waals surface area contributed by atoms with Crippen LogP contribution in [0.3, 0.4) is 0 Å². The number of hydrogen-bond acceptors (Lipinski definition) is 5. The number of carbonyl (C=O) groups is 1. The smallest absolute Gasteiger partial charge is 0.332 e. The fourth-order valence-electron chi connectivity index (χ4n) is 3.13. The van der Waals surface area contributed by atoms with E-state index in [1.807, 2.05) is 35.7 Å². The van der Waals surface area contributed by atoms with E-state index in [4.69, 9.17) is 11.6 Å². The summed E-state index contributed by atoms with van der Waals surface area (Å²) < 4.78 is 2.39. The molecule has 30 heavy (non-hydrogen) atoms. The molecule has 0 unspecified atom stereocenters. The quantitative estimate of drug-likeness (QED) is 0.499. The Balaban J connectivity index is 1.67. The van der Waals surface area contributed by atoms with Gasteiger partial charge in [-0.05, 0) is 35.2 Å². The number of hydrogen-bond donors (Lipinski definition) is 1. The van der Waals surface area contributed by atoms with Gasteiger partial charge in [0.15, 0.2) is 5.52 Å². The van der Waals surface area contributed by atoms with Gasteiger partial charge in [0.1, 0.15) is 6.54 Å². The molecule has 4 rings (SSSR count). The van der Waals surface area contributed by atoms with Crippen LogP contribution in [0.1, 0.15) is 10.4 Å². The van der Waals surface area contributed by atoms with E-state index >= 15 is 0 Å². The standard InChI is InChI=1S/C21H17ClN4O3S/c22-16-7-2-1-5-14(16)11-24-18(27)13-25-17-8-3-9-23-19(17)20(28)26(21(25)29)12-15-6-4-10-30-15/h1-10H,11-13H2,(H,24,27). The highest BCUT2D eigenvalue weighted by molar-refractivity contribution is 7.09. The van der Waals surface area contributed by atoms with Gasteiger partial charge in [0.05, 0.1) is 12.1 Å². The van der Waals surface area contributed by atoms with Crippen molar-refractivity contribution in [2.45, 2.75) is 19.6 Å². The number of thiophene rings is 1. The lowest BCUT2D eigenvalue weighted by molar-refractivity contribution is -0.121. The molecule has 1 amide bonds. The number of nitrogens with one attached hydrogen (secondary N) is 1. The minimum Gasteiger partial charge on any atom is -0.350 e. The van der Waals surface area contributed by atoms with Gasteiger partial charge < -0.3 is 5.32 Å². The molecule has 3 heterocycles. The van der Waals surface area contributed by atoms with Crippen molar-refractivity contribution in [3.05, 3.63) is 96.4 Å². The molecule has 0 aliphatic rings. The molecule has 9 heteroatoms. The Morgan fingerprint density at radius 1 is 1.07 bits per heavy atom. The summed E-state index contributed by atoms with van der Waals surface area (Å²) in [5.74, 6) is -0.372. The molecule has 0 aliphatic carbocycles. The molecule has 0 atom stereocenters. The number of nitrogens with zero attached hydrogens (tertiary/aromatic N) is 3. The molecule has 0 saturated heterocycles. The zero-order valence-corrected chi connectivity index (χ0v) is 17.3. The lowest BCUT2D eigenvalue weighted by Gasteiger charge is -2.13. The van der Waals surface area contributed by atoms with Gasteiger partial charge in [-0.2, -0.15) is 0 Å². The van der Waals surface area contributed by atoms with Crippen LogP contribution in [0.25, 0.3) is 11.0 Å². The second kappa shape index (κ2) is 8.64. The number of amides is 1. The van der Waals surface area contributed by atoms with E-state index in [2.05, 4.69) is 10.3 Å². The minimum absolute atomic E-state index is 0.128. The summed E-state index contributed by atoms with van der Waals surface area (Å²) in [4.78, 5) is 43.5. The SMILES string of the molecule is O=C(Cn1c(=O)n(Cc2cccs2)c(=O)c2ncccc21)NCc1ccccc1Cl. The molecule has 152 valence electrons. The highest BCUT2D eigenvalue weighted by Gasteiger charge is 2.16. The molecule has 0 spiro atoms. The normalized spacial score (nSPS) is 11.0. The number of halogens is 1.